The van der Waals surface area contributed by atoms with Crippen LogP contribution in [0.1, 0.15) is 30.1 Å². The molecule has 4 rings (SSSR count). The highest BCUT2D eigenvalue weighted by atomic mass is 32.1. The Bertz CT molecular complexity index is 760. The van der Waals surface area contributed by atoms with Gasteiger partial charge in [-0.3, -0.25) is 4.68 Å². The zero-order chi connectivity index (χ0) is 13.5. The van der Waals surface area contributed by atoms with E-state index < -0.39 is 0 Å². The van der Waals surface area contributed by atoms with E-state index in [0.29, 0.717) is 6.04 Å². The third-order valence-corrected chi connectivity index (χ3v) is 4.68. The molecule has 0 radical (unpaired) electrons. The summed E-state index contributed by atoms with van der Waals surface area (Å²) < 4.78 is 3.04. The molecule has 1 unspecified atom stereocenters. The summed E-state index contributed by atoms with van der Waals surface area (Å²) in [4.78, 5) is 8.70. The second-order valence-corrected chi connectivity index (χ2v) is 6.07. The van der Waals surface area contributed by atoms with Gasteiger partial charge in [0.2, 0.25) is 0 Å². The predicted molar refractivity (Wildman–Crippen MR) is 79.9 cm³/mol. The average Bonchev–Trinajstić information content (AvgIpc) is 3.05. The molecular weight excluding hydrogens is 270 g/mol. The molecule has 5 nitrogen and oxygen atoms in total. The molecule has 0 amide bonds. The third kappa shape index (κ3) is 1.87. The van der Waals surface area contributed by atoms with E-state index in [0.717, 1.165) is 28.9 Å². The molecule has 3 aromatic heterocycles. The second kappa shape index (κ2) is 4.56. The lowest BCUT2D eigenvalue weighted by Gasteiger charge is -2.23. The zero-order valence-corrected chi connectivity index (χ0v) is 12.0. The Morgan fingerprint density at radius 3 is 3.30 bits per heavy atom. The number of nitrogens with zero attached hydrogens (tertiary/aromatic N) is 4. The molecule has 3 heterocycles. The summed E-state index contributed by atoms with van der Waals surface area (Å²) in [5.41, 5.74) is 3.53. The molecule has 0 fully saturated rings. The topological polar surface area (TPSA) is 55.6 Å². The number of aromatic nitrogens is 4. The van der Waals surface area contributed by atoms with Crippen molar-refractivity contribution in [3.8, 4) is 0 Å². The van der Waals surface area contributed by atoms with Crippen molar-refractivity contribution in [2.24, 2.45) is 7.05 Å². The lowest BCUT2D eigenvalue weighted by Crippen LogP contribution is -2.17. The molecule has 0 spiro atoms. The Hall–Kier alpha value is -1.95. The van der Waals surface area contributed by atoms with E-state index in [4.69, 9.17) is 0 Å². The largest absolute Gasteiger partial charge is 0.362 e. The van der Waals surface area contributed by atoms with Crippen molar-refractivity contribution in [1.82, 2.24) is 19.7 Å². The molecule has 0 bridgehead atoms. The molecule has 102 valence electrons. The molecule has 1 aliphatic rings. The van der Waals surface area contributed by atoms with Gasteiger partial charge in [-0.1, -0.05) is 0 Å². The maximum absolute atomic E-state index is 4.54. The molecule has 3 aromatic rings. The number of hydrogen-bond acceptors (Lipinski definition) is 5. The third-order valence-electron chi connectivity index (χ3n) is 3.77. The summed E-state index contributed by atoms with van der Waals surface area (Å²) in [6.45, 7) is 0. The maximum Gasteiger partial charge on any atom is 0.147 e. The van der Waals surface area contributed by atoms with Crippen molar-refractivity contribution >= 4 is 27.4 Å². The molecular formula is C14H15N5S. The van der Waals surface area contributed by atoms with Gasteiger partial charge in [0.1, 0.15) is 12.1 Å². The van der Waals surface area contributed by atoms with Crippen molar-refractivity contribution < 1.29 is 0 Å². The highest BCUT2D eigenvalue weighted by molar-refractivity contribution is 7.17. The fourth-order valence-electron chi connectivity index (χ4n) is 2.87. The summed E-state index contributed by atoms with van der Waals surface area (Å²) in [6, 6.07) is 2.33. The van der Waals surface area contributed by atoms with E-state index in [-0.39, 0.29) is 0 Å². The minimum absolute atomic E-state index is 0.299. The van der Waals surface area contributed by atoms with Crippen LogP contribution in [0.2, 0.25) is 0 Å². The highest BCUT2D eigenvalue weighted by Gasteiger charge is 2.23. The molecule has 0 aromatic carbocycles. The molecule has 1 N–H and O–H groups in total. The highest BCUT2D eigenvalue weighted by Crippen LogP contribution is 2.34. The van der Waals surface area contributed by atoms with Crippen LogP contribution in [0.4, 0.5) is 5.82 Å². The monoisotopic (exact) mass is 285 g/mol. The van der Waals surface area contributed by atoms with Crippen LogP contribution in [0.3, 0.4) is 0 Å². The van der Waals surface area contributed by atoms with Crippen LogP contribution in [0.15, 0.2) is 24.0 Å². The molecule has 0 saturated heterocycles. The molecule has 0 saturated carbocycles. The van der Waals surface area contributed by atoms with Crippen LogP contribution in [-0.2, 0) is 13.5 Å². The summed E-state index contributed by atoms with van der Waals surface area (Å²) >= 11 is 1.68. The van der Waals surface area contributed by atoms with E-state index in [1.807, 2.05) is 17.8 Å². The van der Waals surface area contributed by atoms with Crippen molar-refractivity contribution in [2.75, 3.05) is 5.32 Å². The number of fused-ring (bicyclic) bond motifs is 2. The molecule has 6 heteroatoms. The van der Waals surface area contributed by atoms with Gasteiger partial charge in [0, 0.05) is 18.8 Å². The van der Waals surface area contributed by atoms with Gasteiger partial charge < -0.3 is 5.32 Å². The summed E-state index contributed by atoms with van der Waals surface area (Å²) in [6.07, 6.45) is 7.12. The molecule has 20 heavy (non-hydrogen) atoms. The first-order chi connectivity index (χ1) is 9.81. The SMILES string of the molecule is Cn1cc2c(n1)CCCC2Nc1ncnc2ccsc12. The van der Waals surface area contributed by atoms with Gasteiger partial charge in [-0.15, -0.1) is 11.3 Å². The minimum Gasteiger partial charge on any atom is -0.362 e. The average molecular weight is 285 g/mol. The van der Waals surface area contributed by atoms with Crippen molar-refractivity contribution in [3.63, 3.8) is 0 Å². The smallest absolute Gasteiger partial charge is 0.147 e. The zero-order valence-electron chi connectivity index (χ0n) is 11.2. The van der Waals surface area contributed by atoms with Crippen LogP contribution in [0, 0.1) is 0 Å². The van der Waals surface area contributed by atoms with Gasteiger partial charge in [0.05, 0.1) is 22.0 Å². The Balaban J connectivity index is 1.71. The maximum atomic E-state index is 4.54. The summed E-state index contributed by atoms with van der Waals surface area (Å²) in [7, 11) is 1.98. The fourth-order valence-corrected chi connectivity index (χ4v) is 3.67. The number of aryl methyl sites for hydroxylation is 2. The van der Waals surface area contributed by atoms with Crippen LogP contribution in [0.5, 0.6) is 0 Å². The Labute approximate surface area is 120 Å². The fraction of sp³-hybridized carbons (Fsp3) is 0.357. The van der Waals surface area contributed by atoms with Crippen LogP contribution in [0.25, 0.3) is 10.2 Å². The van der Waals surface area contributed by atoms with Gasteiger partial charge in [-0.05, 0) is 30.7 Å². The van der Waals surface area contributed by atoms with E-state index in [1.54, 1.807) is 17.7 Å². The van der Waals surface area contributed by atoms with E-state index >= 15 is 0 Å². The first kappa shape index (κ1) is 11.8. The Morgan fingerprint density at radius 2 is 2.35 bits per heavy atom. The number of anilines is 1. The minimum atomic E-state index is 0.299. The normalized spacial score (nSPS) is 18.1. The standard InChI is InChI=1S/C14H15N5S/c1-19-7-9-10(3-2-4-11(9)18-19)17-14-13-12(5-6-20-13)15-8-16-14/h5-8,10H,2-4H2,1H3,(H,15,16,17). The quantitative estimate of drug-likeness (QED) is 0.786. The van der Waals surface area contributed by atoms with Crippen LogP contribution >= 0.6 is 11.3 Å². The number of nitrogens with one attached hydrogen (secondary N) is 1. The van der Waals surface area contributed by atoms with Gasteiger partial charge in [0.15, 0.2) is 0 Å². The van der Waals surface area contributed by atoms with Gasteiger partial charge in [-0.2, -0.15) is 5.10 Å². The summed E-state index contributed by atoms with van der Waals surface area (Å²) in [5, 5.41) is 10.2. The number of thiophene rings is 1. The molecule has 0 aliphatic heterocycles. The van der Waals surface area contributed by atoms with Crippen LogP contribution < -0.4 is 5.32 Å². The van der Waals surface area contributed by atoms with E-state index in [2.05, 4.69) is 32.0 Å². The predicted octanol–water partition coefficient (Wildman–Crippen LogP) is 2.91. The van der Waals surface area contributed by atoms with E-state index in [9.17, 15) is 0 Å². The lowest BCUT2D eigenvalue weighted by molar-refractivity contribution is 0.592. The molecule has 1 atom stereocenters. The molecule has 1 aliphatic carbocycles. The first-order valence-corrected chi connectivity index (χ1v) is 7.66. The van der Waals surface area contributed by atoms with E-state index in [1.165, 1.54) is 17.7 Å². The first-order valence-electron chi connectivity index (χ1n) is 6.78. The summed E-state index contributed by atoms with van der Waals surface area (Å²) in [5.74, 6) is 0.937. The van der Waals surface area contributed by atoms with Gasteiger partial charge in [-0.25, -0.2) is 9.97 Å². The second-order valence-electron chi connectivity index (χ2n) is 5.15. The number of rotatable bonds is 2. The lowest BCUT2D eigenvalue weighted by atomic mass is 9.93. The van der Waals surface area contributed by atoms with Crippen molar-refractivity contribution in [1.29, 1.82) is 0 Å². The van der Waals surface area contributed by atoms with Gasteiger partial charge in [0.25, 0.3) is 0 Å². The van der Waals surface area contributed by atoms with Crippen molar-refractivity contribution in [3.05, 3.63) is 35.2 Å². The van der Waals surface area contributed by atoms with Gasteiger partial charge >= 0.3 is 0 Å². The van der Waals surface area contributed by atoms with Crippen molar-refractivity contribution in [2.45, 2.75) is 25.3 Å². The Morgan fingerprint density at radius 1 is 1.40 bits per heavy atom. The Kier molecular flexibility index (Phi) is 2.70. The number of hydrogen-bond donors (Lipinski definition) is 1. The van der Waals surface area contributed by atoms with Crippen LogP contribution in [-0.4, -0.2) is 19.7 Å².